The number of hydrogen-bond donors (Lipinski definition) is 1. The second kappa shape index (κ2) is 7.44. The van der Waals surface area contributed by atoms with Gasteiger partial charge >= 0.3 is 0 Å². The molecule has 3 heteroatoms. The Hall–Kier alpha value is -0.830. The Morgan fingerprint density at radius 2 is 2.00 bits per heavy atom. The van der Waals surface area contributed by atoms with Gasteiger partial charge in [0.15, 0.2) is 0 Å². The van der Waals surface area contributed by atoms with Crippen LogP contribution in [0, 0.1) is 0 Å². The van der Waals surface area contributed by atoms with E-state index in [1.807, 2.05) is 12.1 Å². The molecule has 1 N–H and O–H groups in total. The molecular formula is C13H18BrNO. The molecule has 0 atom stereocenters. The fraction of sp³-hybridized carbons (Fsp3) is 0.462. The summed E-state index contributed by atoms with van der Waals surface area (Å²) >= 11 is 3.40. The van der Waals surface area contributed by atoms with Crippen molar-refractivity contribution in [2.45, 2.75) is 32.6 Å². The Bertz CT molecular complexity index is 321. The van der Waals surface area contributed by atoms with E-state index in [0.717, 1.165) is 30.3 Å². The highest BCUT2D eigenvalue weighted by Crippen LogP contribution is 2.12. The van der Waals surface area contributed by atoms with Gasteiger partial charge in [-0.05, 0) is 37.0 Å². The van der Waals surface area contributed by atoms with Crippen molar-refractivity contribution in [3.63, 3.8) is 0 Å². The predicted octanol–water partition coefficient (Wildman–Crippen LogP) is 3.30. The standard InChI is InChI=1S/C13H18BrNO/c1-2-10-15-13(16)5-3-4-11-6-8-12(14)9-7-11/h6-9H,2-5,10H2,1H3,(H,15,16). The van der Waals surface area contributed by atoms with E-state index in [1.165, 1.54) is 5.56 Å². The average molecular weight is 284 g/mol. The molecule has 16 heavy (non-hydrogen) atoms. The van der Waals surface area contributed by atoms with Crippen LogP contribution in [0.5, 0.6) is 0 Å². The largest absolute Gasteiger partial charge is 0.356 e. The molecule has 1 amide bonds. The molecule has 0 spiro atoms. The van der Waals surface area contributed by atoms with E-state index >= 15 is 0 Å². The number of amides is 1. The maximum absolute atomic E-state index is 11.3. The zero-order valence-electron chi connectivity index (χ0n) is 9.63. The molecule has 1 aromatic rings. The molecule has 0 aliphatic carbocycles. The van der Waals surface area contributed by atoms with Gasteiger partial charge in [0.2, 0.25) is 5.91 Å². The molecule has 0 saturated heterocycles. The molecule has 0 heterocycles. The maximum atomic E-state index is 11.3. The Morgan fingerprint density at radius 3 is 2.62 bits per heavy atom. The van der Waals surface area contributed by atoms with Crippen LogP contribution < -0.4 is 5.32 Å². The Balaban J connectivity index is 2.20. The Labute approximate surface area is 106 Å². The van der Waals surface area contributed by atoms with Gasteiger partial charge in [0.25, 0.3) is 0 Å². The summed E-state index contributed by atoms with van der Waals surface area (Å²) < 4.78 is 1.09. The van der Waals surface area contributed by atoms with Crippen LogP contribution in [0.25, 0.3) is 0 Å². The fourth-order valence-corrected chi connectivity index (χ4v) is 1.72. The molecular weight excluding hydrogens is 266 g/mol. The van der Waals surface area contributed by atoms with Gasteiger partial charge in [0.1, 0.15) is 0 Å². The highest BCUT2D eigenvalue weighted by molar-refractivity contribution is 9.10. The van der Waals surface area contributed by atoms with Gasteiger partial charge in [-0.15, -0.1) is 0 Å². The van der Waals surface area contributed by atoms with E-state index in [1.54, 1.807) is 0 Å². The molecule has 0 fully saturated rings. The summed E-state index contributed by atoms with van der Waals surface area (Å²) in [7, 11) is 0. The summed E-state index contributed by atoms with van der Waals surface area (Å²) in [4.78, 5) is 11.3. The number of nitrogens with one attached hydrogen (secondary N) is 1. The lowest BCUT2D eigenvalue weighted by atomic mass is 10.1. The van der Waals surface area contributed by atoms with Gasteiger partial charge < -0.3 is 5.32 Å². The highest BCUT2D eigenvalue weighted by atomic mass is 79.9. The van der Waals surface area contributed by atoms with Crippen molar-refractivity contribution in [3.8, 4) is 0 Å². The van der Waals surface area contributed by atoms with Gasteiger partial charge in [-0.3, -0.25) is 4.79 Å². The van der Waals surface area contributed by atoms with E-state index < -0.39 is 0 Å². The van der Waals surface area contributed by atoms with Crippen LogP contribution in [0.15, 0.2) is 28.7 Å². The molecule has 0 unspecified atom stereocenters. The van der Waals surface area contributed by atoms with Gasteiger partial charge in [-0.2, -0.15) is 0 Å². The third-order valence-corrected chi connectivity index (χ3v) is 2.88. The number of carbonyl (C=O) groups excluding carboxylic acids is 1. The van der Waals surface area contributed by atoms with E-state index in [2.05, 4.69) is 40.3 Å². The Morgan fingerprint density at radius 1 is 1.31 bits per heavy atom. The number of hydrogen-bond acceptors (Lipinski definition) is 1. The van der Waals surface area contributed by atoms with Crippen molar-refractivity contribution in [1.29, 1.82) is 0 Å². The summed E-state index contributed by atoms with van der Waals surface area (Å²) in [5.74, 6) is 0.166. The second-order valence-corrected chi connectivity index (χ2v) is 4.75. The van der Waals surface area contributed by atoms with Gasteiger partial charge in [0.05, 0.1) is 0 Å². The molecule has 0 radical (unpaired) electrons. The second-order valence-electron chi connectivity index (χ2n) is 3.83. The van der Waals surface area contributed by atoms with E-state index in [-0.39, 0.29) is 5.91 Å². The fourth-order valence-electron chi connectivity index (χ4n) is 1.46. The van der Waals surface area contributed by atoms with Crippen molar-refractivity contribution in [2.75, 3.05) is 6.54 Å². The van der Waals surface area contributed by atoms with Gasteiger partial charge in [0, 0.05) is 17.4 Å². The summed E-state index contributed by atoms with van der Waals surface area (Å²) in [6, 6.07) is 8.25. The third-order valence-electron chi connectivity index (χ3n) is 2.35. The number of halogens is 1. The van der Waals surface area contributed by atoms with Crippen molar-refractivity contribution in [2.24, 2.45) is 0 Å². The molecule has 0 aliphatic heterocycles. The Kier molecular flexibility index (Phi) is 6.16. The van der Waals surface area contributed by atoms with Crippen LogP contribution in [0.2, 0.25) is 0 Å². The molecule has 0 bridgehead atoms. The number of rotatable bonds is 6. The van der Waals surface area contributed by atoms with Crippen molar-refractivity contribution in [3.05, 3.63) is 34.3 Å². The molecule has 88 valence electrons. The first-order valence-corrected chi connectivity index (χ1v) is 6.53. The summed E-state index contributed by atoms with van der Waals surface area (Å²) in [6.45, 7) is 2.85. The van der Waals surface area contributed by atoms with Crippen LogP contribution in [0.4, 0.5) is 0 Å². The molecule has 2 nitrogen and oxygen atoms in total. The summed E-state index contributed by atoms with van der Waals surface area (Å²) in [5, 5.41) is 2.88. The van der Waals surface area contributed by atoms with Gasteiger partial charge in [-0.1, -0.05) is 35.0 Å². The topological polar surface area (TPSA) is 29.1 Å². The highest BCUT2D eigenvalue weighted by Gasteiger charge is 2.00. The molecule has 0 saturated carbocycles. The number of benzene rings is 1. The number of aryl methyl sites for hydroxylation is 1. The first kappa shape index (κ1) is 13.2. The SMILES string of the molecule is CCCNC(=O)CCCc1ccc(Br)cc1. The van der Waals surface area contributed by atoms with Crippen molar-refractivity contribution >= 4 is 21.8 Å². The normalized spacial score (nSPS) is 10.1. The minimum absolute atomic E-state index is 0.166. The monoisotopic (exact) mass is 283 g/mol. The summed E-state index contributed by atoms with van der Waals surface area (Å²) in [6.07, 6.45) is 3.50. The van der Waals surface area contributed by atoms with E-state index in [0.29, 0.717) is 6.42 Å². The first-order valence-electron chi connectivity index (χ1n) is 5.73. The molecule has 0 aliphatic rings. The van der Waals surface area contributed by atoms with E-state index in [4.69, 9.17) is 0 Å². The minimum Gasteiger partial charge on any atom is -0.356 e. The van der Waals surface area contributed by atoms with Crippen molar-refractivity contribution < 1.29 is 4.79 Å². The lowest BCUT2D eigenvalue weighted by Crippen LogP contribution is -2.23. The third kappa shape index (κ3) is 5.31. The van der Waals surface area contributed by atoms with Crippen LogP contribution in [0.3, 0.4) is 0 Å². The first-order chi connectivity index (χ1) is 7.72. The summed E-state index contributed by atoms with van der Waals surface area (Å²) in [5.41, 5.74) is 1.28. The molecule has 1 rings (SSSR count). The molecule has 1 aromatic carbocycles. The smallest absolute Gasteiger partial charge is 0.220 e. The van der Waals surface area contributed by atoms with Crippen molar-refractivity contribution in [1.82, 2.24) is 5.32 Å². The quantitative estimate of drug-likeness (QED) is 0.853. The molecule has 0 aromatic heterocycles. The predicted molar refractivity (Wildman–Crippen MR) is 70.4 cm³/mol. The lowest BCUT2D eigenvalue weighted by molar-refractivity contribution is -0.121. The van der Waals surface area contributed by atoms with Gasteiger partial charge in [-0.25, -0.2) is 0 Å². The zero-order chi connectivity index (χ0) is 11.8. The van der Waals surface area contributed by atoms with Crippen LogP contribution in [-0.2, 0) is 11.2 Å². The maximum Gasteiger partial charge on any atom is 0.220 e. The van der Waals surface area contributed by atoms with Crippen LogP contribution in [0.1, 0.15) is 31.7 Å². The zero-order valence-corrected chi connectivity index (χ0v) is 11.2. The van der Waals surface area contributed by atoms with E-state index in [9.17, 15) is 4.79 Å². The van der Waals surface area contributed by atoms with Crippen LogP contribution >= 0.6 is 15.9 Å². The average Bonchev–Trinajstić information content (AvgIpc) is 2.29. The van der Waals surface area contributed by atoms with Crippen LogP contribution in [-0.4, -0.2) is 12.5 Å². The lowest BCUT2D eigenvalue weighted by Gasteiger charge is -2.03. The minimum atomic E-state index is 0.166. The number of carbonyl (C=O) groups is 1.